The lowest BCUT2D eigenvalue weighted by Crippen LogP contribution is -2.31. The Kier molecular flexibility index (Phi) is 23.5. The Hall–Kier alpha value is -11.0. The van der Waals surface area contributed by atoms with Crippen LogP contribution in [0.3, 0.4) is 0 Å². The van der Waals surface area contributed by atoms with Gasteiger partial charge >= 0.3 is 0 Å². The standard InChI is InChI=1S/4C25H36N6O4S/c4*1-5-8-20-22-23(31(4)29-20)25(32)28-24(27-22)19-16-18(10-11-21(19)35-15-6-2)36(33,34)26-13-12-17-9-7-14-30(17)3/h4*10-11,16-17,26H,5-9,12-15H2,1-4H3,(H,27,28,32)/i1D3,3D3,8D2,12D2,13D;1D3,3D3,12D2,13D2;1D3,3D3,12D2,13D;1D3,3D3,8D2,12D2. The molecule has 4 saturated heterocycles. The summed E-state index contributed by atoms with van der Waals surface area (Å²) in [5.74, 6) is -0.111. The third-order valence-corrected chi connectivity index (χ3v) is 28.3. The average Bonchev–Trinajstić information content (AvgIpc) is 1.55. The number of H-pyrrole nitrogens is 4. The van der Waals surface area contributed by atoms with Crippen LogP contribution in [0.2, 0.25) is 0 Å². The molecule has 4 fully saturated rings. The number of nitrogens with zero attached hydrogens (tertiary/aromatic N) is 16. The maximum absolute atomic E-state index is 13.6. The fourth-order valence-corrected chi connectivity index (χ4v) is 19.6. The third kappa shape index (κ3) is 26.5. The molecule has 0 spiro atoms. The van der Waals surface area contributed by atoms with E-state index >= 15 is 0 Å². The number of rotatable bonds is 44. The second-order valence-electron chi connectivity index (χ2n) is 33.4. The molecule has 4 aliphatic heterocycles. The van der Waals surface area contributed by atoms with Gasteiger partial charge in [-0.15, -0.1) is 0 Å². The zero-order valence-electron chi connectivity index (χ0n) is 120. The van der Waals surface area contributed by atoms with E-state index in [9.17, 15) is 52.8 Å². The Balaban J connectivity index is 0.000000199. The SMILES string of the molecule is [2H]C(NS(=O)(=O)c1ccc(OCCC)c(-c2nc3c(C([2H])([2H])CC([2H])([2H])[2H])nn(C)c3c(=O)[nH]2)c1)C([2H])([2H])C1CCCN1C([2H])([2H])[2H].[2H]C(NS(=O)(=O)c1ccc(OCCC)c(-c2nc3c(CCC([2H])([2H])[2H])nn(C)c3c(=O)[nH]2)c1)C([2H])([2H])C1CCCN1C([2H])([2H])[2H].[2H]C([2H])([2H])CC([2H])([2H])c1nn(C)c2c(=O)[nH]c(-c3cc(S(=O)(=O)NCC([2H])([2H])C4CCCN4C([2H])([2H])[2H])ccc3OCCC)nc12.[2H]C([2H])([2H])CCc1nn(C)c2c(=O)[nH]c(-c3cc(S(=O)(=O)NC([2H])([2H])C([2H])([2H])C4CCCN4C([2H])([2H])[2H])ccc3OCCC)nc12. The van der Waals surface area contributed by atoms with Crippen molar-refractivity contribution in [1.29, 1.82) is 0 Å². The second kappa shape index (κ2) is 49.9. The molecule has 44 heteroatoms. The second-order valence-corrected chi connectivity index (χ2v) is 40.3. The number of nitrogens with one attached hydrogen (secondary N) is 8. The van der Waals surface area contributed by atoms with E-state index in [2.05, 4.69) is 65.0 Å². The molecule has 0 saturated carbocycles. The topological polar surface area (TPSA) is 489 Å². The molecule has 0 aliphatic carbocycles. The van der Waals surface area contributed by atoms with E-state index in [1.165, 1.54) is 80.0 Å². The minimum atomic E-state index is -4.81. The summed E-state index contributed by atoms with van der Waals surface area (Å²) in [5.41, 5.74) is -3.33. The van der Waals surface area contributed by atoms with E-state index in [0.717, 1.165) is 59.3 Å². The number of aromatic amines is 4. The summed E-state index contributed by atoms with van der Waals surface area (Å²) in [7, 11) is -12.7. The number of hydrogen-bond donors (Lipinski definition) is 8. The molecule has 4 aromatic carbocycles. The van der Waals surface area contributed by atoms with Crippen LogP contribution < -0.4 is 60.1 Å². The van der Waals surface area contributed by atoms with Gasteiger partial charge in [-0.05, 0) is 255 Å². The van der Waals surface area contributed by atoms with Crippen LogP contribution in [0.25, 0.3) is 89.7 Å². The van der Waals surface area contributed by atoms with Crippen LogP contribution in [0, 0.1) is 0 Å². The van der Waals surface area contributed by atoms with Crippen LogP contribution in [-0.4, -0.2) is 263 Å². The molecule has 144 heavy (non-hydrogen) atoms. The molecule has 8 N–H and O–H groups in total. The van der Waals surface area contributed by atoms with Gasteiger partial charge in [-0.25, -0.2) is 72.5 Å². The van der Waals surface area contributed by atoms with Crippen molar-refractivity contribution < 1.29 is 107 Å². The number of aryl methyl sites for hydroxylation is 8. The number of fused-ring (bicyclic) bond motifs is 4. The summed E-state index contributed by atoms with van der Waals surface area (Å²) in [6.07, 6.45) is -13.4. The Morgan fingerprint density at radius 1 is 0.361 bits per heavy atom. The number of likely N-dealkylation sites (tertiary alicyclic amines) is 4. The molecule has 12 heterocycles. The highest BCUT2D eigenvalue weighted by Crippen LogP contribution is 2.38. The van der Waals surface area contributed by atoms with Gasteiger partial charge in [-0.1, -0.05) is 80.8 Å². The van der Waals surface area contributed by atoms with Crippen LogP contribution in [0.4, 0.5) is 0 Å². The molecule has 0 bridgehead atoms. The van der Waals surface area contributed by atoms with Crippen LogP contribution >= 0.6 is 0 Å². The lowest BCUT2D eigenvalue weighted by atomic mass is 10.1. The zero-order valence-corrected chi connectivity index (χ0v) is 83.6. The Labute approximate surface area is 899 Å². The quantitative estimate of drug-likeness (QED) is 0.0176. The third-order valence-electron chi connectivity index (χ3n) is 23.1. The van der Waals surface area contributed by atoms with Crippen LogP contribution in [0.15, 0.2) is 112 Å². The van der Waals surface area contributed by atoms with Gasteiger partial charge in [0.15, 0.2) is 22.1 Å². The molecule has 4 aliphatic rings. The first kappa shape index (κ1) is 67.7. The highest BCUT2D eigenvalue weighted by atomic mass is 32.2. The van der Waals surface area contributed by atoms with Crippen molar-refractivity contribution in [2.75, 3.05) is 107 Å². The van der Waals surface area contributed by atoms with Crippen molar-refractivity contribution in [3.63, 3.8) is 0 Å². The minimum absolute atomic E-state index is 0.00348. The van der Waals surface area contributed by atoms with E-state index < -0.39 is 234 Å². The van der Waals surface area contributed by atoms with Crippen molar-refractivity contribution in [3.05, 3.63) is 137 Å². The first-order chi connectivity index (χ1) is 84.4. The number of hydrogen-bond acceptors (Lipinski definition) is 28. The largest absolute Gasteiger partial charge is 0.493 e. The monoisotopic (exact) mass is 2110 g/mol. The Morgan fingerprint density at radius 2 is 0.639 bits per heavy atom. The van der Waals surface area contributed by atoms with Crippen LogP contribution in [0.1, 0.15) is 261 Å². The number of sulfonamides is 4. The Morgan fingerprint density at radius 3 is 0.938 bits per heavy atom. The molecule has 6 atom stereocenters. The maximum atomic E-state index is 13.6. The summed E-state index contributed by atoms with van der Waals surface area (Å²) in [5, 5.41) is 16.7. The van der Waals surface area contributed by atoms with Gasteiger partial charge in [0, 0.05) is 133 Å². The van der Waals surface area contributed by atoms with Crippen molar-refractivity contribution in [2.45, 2.75) is 253 Å². The number of aromatic nitrogens is 16. The highest BCUT2D eigenvalue weighted by Gasteiger charge is 2.32. The molecule has 40 nitrogen and oxygen atoms in total. The smallest absolute Gasteiger partial charge is 0.277 e. The summed E-state index contributed by atoms with van der Waals surface area (Å²) in [6, 6.07) is 9.51. The van der Waals surface area contributed by atoms with Crippen molar-refractivity contribution >= 4 is 84.2 Å². The van der Waals surface area contributed by atoms with Gasteiger partial charge in [0.1, 0.15) is 68.4 Å². The van der Waals surface area contributed by atoms with Crippen molar-refractivity contribution in [1.82, 2.24) is 117 Å². The minimum Gasteiger partial charge on any atom is -0.493 e. The normalized spacial score (nSPS) is 22.7. The van der Waals surface area contributed by atoms with Gasteiger partial charge in [-0.2, -0.15) is 20.4 Å². The number of benzene rings is 4. The first-order valence-electron chi connectivity index (χ1n) is 66.5. The predicted octanol–water partition coefficient (Wildman–Crippen LogP) is 11.3. The Bertz CT molecular complexity index is 9040. The van der Waals surface area contributed by atoms with Crippen molar-refractivity contribution in [2.24, 2.45) is 28.2 Å². The van der Waals surface area contributed by atoms with E-state index in [1.807, 2.05) is 37.1 Å². The average molecular weight is 2110 g/mol. The summed E-state index contributed by atoms with van der Waals surface area (Å²) in [6.45, 7) is -19.9. The predicted molar refractivity (Wildman–Crippen MR) is 559 cm³/mol. The fraction of sp³-hybridized carbons (Fsp3) is 0.560. The molecule has 784 valence electrons. The molecule has 0 amide bonds. The first-order valence-corrected chi connectivity index (χ1v) is 52.3. The maximum Gasteiger partial charge on any atom is 0.277 e. The van der Waals surface area contributed by atoms with E-state index in [1.54, 1.807) is 4.72 Å². The molecular weight excluding hydrogens is 1920 g/mol. The van der Waals surface area contributed by atoms with Crippen LogP contribution in [-0.2, 0) is 93.9 Å². The van der Waals surface area contributed by atoms with Crippen LogP contribution in [0.5, 0.6) is 23.0 Å². The van der Waals surface area contributed by atoms with Crippen molar-refractivity contribution in [3.8, 4) is 68.5 Å². The van der Waals surface area contributed by atoms with E-state index in [-0.39, 0.29) is 244 Å². The van der Waals surface area contributed by atoms with Gasteiger partial charge < -0.3 is 58.5 Å². The van der Waals surface area contributed by atoms with Gasteiger partial charge in [-0.3, -0.25) is 37.9 Å². The lowest BCUT2D eigenvalue weighted by Gasteiger charge is -2.19. The fourth-order valence-electron chi connectivity index (χ4n) is 16.0. The molecule has 16 rings (SSSR count). The number of ether oxygens (including phenoxy) is 4. The van der Waals surface area contributed by atoms with E-state index in [0.29, 0.717) is 51.4 Å². The lowest BCUT2D eigenvalue weighted by molar-refractivity contribution is 0.297. The van der Waals surface area contributed by atoms with Gasteiger partial charge in [0.05, 0.1) is 91.0 Å². The zero-order chi connectivity index (χ0) is 138. The summed E-state index contributed by atoms with van der Waals surface area (Å²) in [4.78, 5) is 83.0. The molecule has 0 radical (unpaired) electrons. The molecule has 8 aromatic heterocycles. The highest BCUT2D eigenvalue weighted by molar-refractivity contribution is 7.90. The van der Waals surface area contributed by atoms with Gasteiger partial charge in [0.2, 0.25) is 40.1 Å². The molecule has 6 unspecified atom stereocenters. The molecular formula is C100H144N24O16S4. The summed E-state index contributed by atoms with van der Waals surface area (Å²) < 4.78 is 462. The summed E-state index contributed by atoms with van der Waals surface area (Å²) >= 11 is 0. The van der Waals surface area contributed by atoms with E-state index in [4.69, 9.17) is 73.8 Å². The molecule has 12 aromatic rings. The van der Waals surface area contributed by atoms with Gasteiger partial charge in [0.25, 0.3) is 22.2 Å².